The summed E-state index contributed by atoms with van der Waals surface area (Å²) >= 11 is 1.28. The van der Waals surface area contributed by atoms with Crippen LogP contribution in [-0.2, 0) is 11.4 Å². The number of hydrogen-bond donors (Lipinski definition) is 1. The van der Waals surface area contributed by atoms with Gasteiger partial charge in [-0.2, -0.15) is 0 Å². The van der Waals surface area contributed by atoms with Gasteiger partial charge in [0.1, 0.15) is 24.1 Å². The number of benzene rings is 4. The average molecular weight is 662 g/mol. The van der Waals surface area contributed by atoms with Crippen molar-refractivity contribution in [3.8, 4) is 11.5 Å². The smallest absolute Gasteiger partial charge is 0.335 e. The lowest BCUT2D eigenvalue weighted by molar-refractivity contribution is -0.127. The number of amides is 1. The molecule has 1 atom stereocenters. The molecule has 0 aliphatic carbocycles. The van der Waals surface area contributed by atoms with Gasteiger partial charge in [0.25, 0.3) is 11.5 Å². The molecule has 48 heavy (non-hydrogen) atoms. The van der Waals surface area contributed by atoms with E-state index in [0.717, 1.165) is 27.5 Å². The SMILES string of the molecule is CCN(CC)C(=O)C1=C(C)N=c2s/c(=C/c3ccc(OCc4ccc(C(=O)O)cc4)cc3)c(=O)n2[C@@H]1c1c(OC)ccc2ccccc12. The molecule has 1 N–H and O–H groups in total. The molecule has 6 rings (SSSR count). The Kier molecular flexibility index (Phi) is 9.27. The summed E-state index contributed by atoms with van der Waals surface area (Å²) < 4.78 is 13.9. The van der Waals surface area contributed by atoms with Crippen LogP contribution in [-0.4, -0.2) is 46.6 Å². The number of rotatable bonds is 10. The van der Waals surface area contributed by atoms with E-state index < -0.39 is 12.0 Å². The maximum atomic E-state index is 14.3. The fourth-order valence-electron chi connectivity index (χ4n) is 6.01. The molecule has 0 saturated carbocycles. The quantitative estimate of drug-likeness (QED) is 0.211. The van der Waals surface area contributed by atoms with Gasteiger partial charge in [0.15, 0.2) is 4.80 Å². The van der Waals surface area contributed by atoms with Crippen LogP contribution in [0.2, 0.25) is 0 Å². The Labute approximate surface area is 281 Å². The van der Waals surface area contributed by atoms with Gasteiger partial charge in [-0.25, -0.2) is 9.79 Å². The number of methoxy groups -OCH3 is 1. The first-order chi connectivity index (χ1) is 23.2. The Morgan fingerprint density at radius 1 is 0.979 bits per heavy atom. The van der Waals surface area contributed by atoms with Crippen molar-refractivity contribution < 1.29 is 24.2 Å². The number of carboxylic acid groups (broad SMARTS) is 1. The Balaban J connectivity index is 1.41. The highest BCUT2D eigenvalue weighted by Gasteiger charge is 2.36. The number of ether oxygens (including phenoxy) is 2. The molecule has 0 bridgehead atoms. The zero-order valence-electron chi connectivity index (χ0n) is 27.1. The number of fused-ring (bicyclic) bond motifs is 2. The molecule has 0 fully saturated rings. The number of carboxylic acids is 1. The molecular formula is C38H35N3O6S. The van der Waals surface area contributed by atoms with E-state index in [1.54, 1.807) is 40.8 Å². The highest BCUT2D eigenvalue weighted by Crippen LogP contribution is 2.40. The van der Waals surface area contributed by atoms with Crippen molar-refractivity contribution in [2.45, 2.75) is 33.4 Å². The van der Waals surface area contributed by atoms with Gasteiger partial charge in [-0.3, -0.25) is 14.2 Å². The average Bonchev–Trinajstić information content (AvgIpc) is 3.40. The molecule has 1 aliphatic rings. The fourth-order valence-corrected chi connectivity index (χ4v) is 7.05. The molecule has 0 saturated heterocycles. The van der Waals surface area contributed by atoms with Crippen molar-refractivity contribution in [1.29, 1.82) is 0 Å². The minimum atomic E-state index is -0.974. The molecule has 0 spiro atoms. The van der Waals surface area contributed by atoms with Crippen LogP contribution in [0, 0.1) is 0 Å². The minimum Gasteiger partial charge on any atom is -0.496 e. The van der Waals surface area contributed by atoms with E-state index in [1.807, 2.05) is 87.5 Å². The molecule has 1 aromatic heterocycles. The third-order valence-electron chi connectivity index (χ3n) is 8.51. The molecule has 1 aliphatic heterocycles. The molecule has 5 aromatic rings. The highest BCUT2D eigenvalue weighted by atomic mass is 32.1. The van der Waals surface area contributed by atoms with E-state index >= 15 is 0 Å². The van der Waals surface area contributed by atoms with Gasteiger partial charge < -0.3 is 19.5 Å². The van der Waals surface area contributed by atoms with Gasteiger partial charge in [-0.05, 0) is 79.1 Å². The summed E-state index contributed by atoms with van der Waals surface area (Å²) in [5.41, 5.74) is 3.38. The summed E-state index contributed by atoms with van der Waals surface area (Å²) in [7, 11) is 1.60. The first kappa shape index (κ1) is 32.5. The molecule has 0 unspecified atom stereocenters. The Bertz CT molecular complexity index is 2230. The van der Waals surface area contributed by atoms with Crippen molar-refractivity contribution in [1.82, 2.24) is 9.47 Å². The second-order valence-electron chi connectivity index (χ2n) is 11.3. The topological polar surface area (TPSA) is 110 Å². The van der Waals surface area contributed by atoms with Gasteiger partial charge in [0.2, 0.25) is 0 Å². The van der Waals surface area contributed by atoms with E-state index in [4.69, 9.17) is 19.6 Å². The Hall–Kier alpha value is -5.48. The van der Waals surface area contributed by atoms with Gasteiger partial charge in [0.05, 0.1) is 28.5 Å². The van der Waals surface area contributed by atoms with E-state index in [2.05, 4.69) is 0 Å². The maximum Gasteiger partial charge on any atom is 0.335 e. The third kappa shape index (κ3) is 6.14. The fraction of sp³-hybridized carbons (Fsp3) is 0.211. The molecule has 4 aromatic carbocycles. The number of allylic oxidation sites excluding steroid dienone is 1. The van der Waals surface area contributed by atoms with Crippen LogP contribution in [0.15, 0.2) is 106 Å². The second kappa shape index (κ2) is 13.7. The normalized spacial score (nSPS) is 14.4. The zero-order chi connectivity index (χ0) is 33.9. The van der Waals surface area contributed by atoms with E-state index in [9.17, 15) is 14.4 Å². The largest absolute Gasteiger partial charge is 0.496 e. The maximum absolute atomic E-state index is 14.3. The van der Waals surface area contributed by atoms with Crippen LogP contribution in [0.3, 0.4) is 0 Å². The highest BCUT2D eigenvalue weighted by molar-refractivity contribution is 7.07. The number of nitrogens with zero attached hydrogens (tertiary/aromatic N) is 3. The minimum absolute atomic E-state index is 0.163. The van der Waals surface area contributed by atoms with E-state index in [0.29, 0.717) is 45.2 Å². The summed E-state index contributed by atoms with van der Waals surface area (Å²) in [6.07, 6.45) is 1.82. The predicted octanol–water partition coefficient (Wildman–Crippen LogP) is 5.54. The molecule has 9 nitrogen and oxygen atoms in total. The molecule has 10 heteroatoms. The van der Waals surface area contributed by atoms with Crippen molar-refractivity contribution in [2.75, 3.05) is 20.2 Å². The van der Waals surface area contributed by atoms with Crippen LogP contribution in [0.1, 0.15) is 53.9 Å². The van der Waals surface area contributed by atoms with Gasteiger partial charge in [0, 0.05) is 18.7 Å². The first-order valence-electron chi connectivity index (χ1n) is 15.7. The number of hydrogen-bond acceptors (Lipinski definition) is 7. The molecule has 1 amide bonds. The van der Waals surface area contributed by atoms with Crippen LogP contribution in [0.4, 0.5) is 0 Å². The van der Waals surface area contributed by atoms with Gasteiger partial charge in [-0.1, -0.05) is 65.9 Å². The second-order valence-corrected chi connectivity index (χ2v) is 12.3. The van der Waals surface area contributed by atoms with Crippen molar-refractivity contribution in [3.05, 3.63) is 138 Å². The molecule has 2 heterocycles. The van der Waals surface area contributed by atoms with Crippen molar-refractivity contribution in [2.24, 2.45) is 4.99 Å². The van der Waals surface area contributed by atoms with Crippen molar-refractivity contribution in [3.63, 3.8) is 0 Å². The van der Waals surface area contributed by atoms with Crippen LogP contribution in [0.25, 0.3) is 16.8 Å². The number of carbonyl (C=O) groups excluding carboxylic acids is 1. The standard InChI is InChI=1S/C38H35N3O6S/c1-5-40(6-2)36(43)32-23(3)39-38-41(34(32)33-29-10-8-7-9-26(29)17-20-30(33)46-4)35(42)31(48-38)21-24-13-18-28(19-14-24)47-22-25-11-15-27(16-12-25)37(44)45/h7-21,34H,5-6,22H2,1-4H3,(H,44,45)/b31-21+/t34-/m0/s1. The monoisotopic (exact) mass is 661 g/mol. The molecule has 244 valence electrons. The number of thiazole rings is 1. The summed E-state index contributed by atoms with van der Waals surface area (Å²) in [5.74, 6) is 0.0808. The van der Waals surface area contributed by atoms with E-state index in [-0.39, 0.29) is 23.6 Å². The van der Waals surface area contributed by atoms with Crippen LogP contribution in [0.5, 0.6) is 11.5 Å². The lowest BCUT2D eigenvalue weighted by Crippen LogP contribution is -2.43. The number of aromatic carboxylic acids is 1. The van der Waals surface area contributed by atoms with Gasteiger partial charge >= 0.3 is 5.97 Å². The Morgan fingerprint density at radius 3 is 2.35 bits per heavy atom. The number of aromatic nitrogens is 1. The van der Waals surface area contributed by atoms with Crippen LogP contribution >= 0.6 is 11.3 Å². The molecular weight excluding hydrogens is 627 g/mol. The summed E-state index contributed by atoms with van der Waals surface area (Å²) in [5, 5.41) is 11.0. The zero-order valence-corrected chi connectivity index (χ0v) is 27.9. The van der Waals surface area contributed by atoms with Crippen molar-refractivity contribution >= 4 is 40.1 Å². The third-order valence-corrected chi connectivity index (χ3v) is 9.49. The van der Waals surface area contributed by atoms with Gasteiger partial charge in [-0.15, -0.1) is 0 Å². The lowest BCUT2D eigenvalue weighted by Gasteiger charge is -2.30. The Morgan fingerprint density at radius 2 is 1.69 bits per heavy atom. The number of likely N-dealkylation sites (N-methyl/N-ethyl adjacent to an activating group) is 1. The summed E-state index contributed by atoms with van der Waals surface area (Å²) in [4.78, 5) is 46.7. The first-order valence-corrected chi connectivity index (χ1v) is 16.5. The number of carbonyl (C=O) groups is 2. The van der Waals surface area contributed by atoms with E-state index in [1.165, 1.54) is 11.3 Å². The summed E-state index contributed by atoms with van der Waals surface area (Å²) in [6, 6.07) is 24.9. The van der Waals surface area contributed by atoms with Crippen LogP contribution < -0.4 is 24.4 Å². The predicted molar refractivity (Wildman–Crippen MR) is 186 cm³/mol. The molecule has 0 radical (unpaired) electrons. The lowest BCUT2D eigenvalue weighted by atomic mass is 9.90. The summed E-state index contributed by atoms with van der Waals surface area (Å²) in [6.45, 7) is 7.03.